The minimum atomic E-state index is 0. The Balaban J connectivity index is 0. The molecule has 0 aliphatic heterocycles. The molecule has 0 fully saturated rings. The van der Waals surface area contributed by atoms with Crippen molar-refractivity contribution in [3.63, 3.8) is 0 Å². The molecule has 15 heavy (non-hydrogen) atoms. The third-order valence-corrected chi connectivity index (χ3v) is 1.93. The predicted octanol–water partition coefficient (Wildman–Crippen LogP) is 0.951. The lowest BCUT2D eigenvalue weighted by Gasteiger charge is -2.04. The maximum absolute atomic E-state index is 11.2. The lowest BCUT2D eigenvalue weighted by Crippen LogP contribution is -2.26. The molecule has 0 aromatic carbocycles. The van der Waals surface area contributed by atoms with Gasteiger partial charge in [-0.3, -0.25) is 4.79 Å². The average molecular weight is 239 g/mol. The van der Waals surface area contributed by atoms with Gasteiger partial charge in [-0.2, -0.15) is 0 Å². The fraction of sp³-hybridized carbons (Fsp3) is 0.900. The lowest BCUT2D eigenvalue weighted by atomic mass is 10.2. The minimum absolute atomic E-state index is 0. The largest absolute Gasteiger partial charge is 0.385 e. The van der Waals surface area contributed by atoms with E-state index in [2.05, 4.69) is 10.6 Å². The first-order valence-electron chi connectivity index (χ1n) is 5.21. The second-order valence-corrected chi connectivity index (χ2v) is 3.26. The zero-order chi connectivity index (χ0) is 10.6. The van der Waals surface area contributed by atoms with E-state index >= 15 is 0 Å². The molecule has 2 N–H and O–H groups in total. The first-order chi connectivity index (χ1) is 6.81. The Morgan fingerprint density at radius 3 is 2.53 bits per heavy atom. The molecule has 4 nitrogen and oxygen atoms in total. The summed E-state index contributed by atoms with van der Waals surface area (Å²) in [6.07, 6.45) is 3.47. The summed E-state index contributed by atoms with van der Waals surface area (Å²) in [5.41, 5.74) is 0. The van der Waals surface area contributed by atoms with E-state index in [1.807, 2.05) is 7.05 Å². The first-order valence-corrected chi connectivity index (χ1v) is 5.21. The second-order valence-electron chi connectivity index (χ2n) is 3.26. The summed E-state index contributed by atoms with van der Waals surface area (Å²) in [5, 5.41) is 5.91. The zero-order valence-electron chi connectivity index (χ0n) is 9.67. The van der Waals surface area contributed by atoms with Crippen molar-refractivity contribution in [2.45, 2.75) is 25.7 Å². The molecule has 0 saturated carbocycles. The Morgan fingerprint density at radius 1 is 1.20 bits per heavy atom. The zero-order valence-corrected chi connectivity index (χ0v) is 10.5. The van der Waals surface area contributed by atoms with Crippen LogP contribution in [0.2, 0.25) is 0 Å². The molecule has 0 saturated heterocycles. The Hall–Kier alpha value is -0.320. The molecule has 0 aromatic heterocycles. The van der Waals surface area contributed by atoms with Crippen LogP contribution in [0.5, 0.6) is 0 Å². The Morgan fingerprint density at radius 2 is 1.93 bits per heavy atom. The third kappa shape index (κ3) is 13.7. The monoisotopic (exact) mass is 238 g/mol. The molecule has 0 radical (unpaired) electrons. The predicted molar refractivity (Wildman–Crippen MR) is 64.5 cm³/mol. The van der Waals surface area contributed by atoms with E-state index in [4.69, 9.17) is 4.74 Å². The van der Waals surface area contributed by atoms with Gasteiger partial charge in [-0.05, 0) is 32.9 Å². The van der Waals surface area contributed by atoms with E-state index in [9.17, 15) is 4.79 Å². The summed E-state index contributed by atoms with van der Waals surface area (Å²) >= 11 is 0. The fourth-order valence-corrected chi connectivity index (χ4v) is 1.11. The quantitative estimate of drug-likeness (QED) is 0.588. The highest BCUT2D eigenvalue weighted by Gasteiger charge is 1.99. The minimum Gasteiger partial charge on any atom is -0.385 e. The number of methoxy groups -OCH3 is 1. The van der Waals surface area contributed by atoms with Crippen molar-refractivity contribution in [1.82, 2.24) is 10.6 Å². The maximum Gasteiger partial charge on any atom is 0.219 e. The summed E-state index contributed by atoms with van der Waals surface area (Å²) in [6, 6.07) is 0. The molecule has 1 amide bonds. The highest BCUT2D eigenvalue weighted by molar-refractivity contribution is 5.85. The molecule has 0 aromatic rings. The van der Waals surface area contributed by atoms with Crippen LogP contribution in [0.25, 0.3) is 0 Å². The van der Waals surface area contributed by atoms with Crippen molar-refractivity contribution in [2.24, 2.45) is 0 Å². The number of halogens is 1. The molecule has 0 aliphatic carbocycles. The van der Waals surface area contributed by atoms with Crippen LogP contribution in [0.4, 0.5) is 0 Å². The van der Waals surface area contributed by atoms with Crippen LogP contribution in [-0.4, -0.2) is 39.8 Å². The summed E-state index contributed by atoms with van der Waals surface area (Å²) in [7, 11) is 3.59. The Kier molecular flexibility index (Phi) is 15.6. The number of hydrogen-bond acceptors (Lipinski definition) is 3. The molecular formula is C10H23ClN2O2. The molecule has 0 rings (SSSR count). The second kappa shape index (κ2) is 13.7. The van der Waals surface area contributed by atoms with Gasteiger partial charge in [0.25, 0.3) is 0 Å². The topological polar surface area (TPSA) is 50.4 Å². The van der Waals surface area contributed by atoms with E-state index in [1.165, 1.54) is 0 Å². The number of rotatable bonds is 9. The van der Waals surface area contributed by atoms with Crippen LogP contribution >= 0.6 is 12.4 Å². The smallest absolute Gasteiger partial charge is 0.219 e. The van der Waals surface area contributed by atoms with Crippen LogP contribution in [0.15, 0.2) is 0 Å². The molecule has 0 aliphatic rings. The van der Waals surface area contributed by atoms with Crippen molar-refractivity contribution >= 4 is 18.3 Å². The normalized spacial score (nSPS) is 9.47. The number of carbonyl (C=O) groups is 1. The third-order valence-electron chi connectivity index (χ3n) is 1.93. The highest BCUT2D eigenvalue weighted by Crippen LogP contribution is 1.94. The molecule has 0 spiro atoms. The van der Waals surface area contributed by atoms with Gasteiger partial charge in [-0.25, -0.2) is 0 Å². The lowest BCUT2D eigenvalue weighted by molar-refractivity contribution is -0.121. The Labute approximate surface area is 98.6 Å². The van der Waals surface area contributed by atoms with Crippen LogP contribution in [0.1, 0.15) is 25.7 Å². The fourth-order valence-electron chi connectivity index (χ4n) is 1.11. The maximum atomic E-state index is 11.2. The SMILES string of the molecule is CNCCCNC(=O)CCCCOC.Cl. The standard InChI is InChI=1S/C10H22N2O2.ClH/c1-11-7-5-8-12-10(13)6-3-4-9-14-2;/h11H,3-9H2,1-2H3,(H,12,13);1H. The molecule has 0 bridgehead atoms. The van der Waals surface area contributed by atoms with Crippen LogP contribution in [0, 0.1) is 0 Å². The van der Waals surface area contributed by atoms with E-state index in [0.29, 0.717) is 6.42 Å². The number of ether oxygens (including phenoxy) is 1. The summed E-state index contributed by atoms with van der Waals surface area (Å²) < 4.78 is 4.90. The van der Waals surface area contributed by atoms with Gasteiger partial charge in [0, 0.05) is 26.7 Å². The van der Waals surface area contributed by atoms with E-state index < -0.39 is 0 Å². The highest BCUT2D eigenvalue weighted by atomic mass is 35.5. The number of nitrogens with one attached hydrogen (secondary N) is 2. The van der Waals surface area contributed by atoms with Crippen molar-refractivity contribution in [2.75, 3.05) is 33.9 Å². The van der Waals surface area contributed by atoms with Gasteiger partial charge >= 0.3 is 0 Å². The Bertz CT molecular complexity index is 131. The van der Waals surface area contributed by atoms with Gasteiger partial charge in [0.05, 0.1) is 0 Å². The van der Waals surface area contributed by atoms with Gasteiger partial charge in [0.1, 0.15) is 0 Å². The van der Waals surface area contributed by atoms with E-state index in [1.54, 1.807) is 7.11 Å². The number of unbranched alkanes of at least 4 members (excludes halogenated alkanes) is 1. The summed E-state index contributed by atoms with van der Waals surface area (Å²) in [5.74, 6) is 0.150. The van der Waals surface area contributed by atoms with Gasteiger partial charge in [0.15, 0.2) is 0 Å². The van der Waals surface area contributed by atoms with Gasteiger partial charge in [0.2, 0.25) is 5.91 Å². The van der Waals surface area contributed by atoms with Crippen molar-refractivity contribution in [1.29, 1.82) is 0 Å². The van der Waals surface area contributed by atoms with Crippen LogP contribution < -0.4 is 10.6 Å². The molecule has 5 heteroatoms. The molecule has 0 atom stereocenters. The van der Waals surface area contributed by atoms with E-state index in [0.717, 1.165) is 39.0 Å². The summed E-state index contributed by atoms with van der Waals surface area (Å²) in [4.78, 5) is 11.2. The van der Waals surface area contributed by atoms with Crippen LogP contribution in [0.3, 0.4) is 0 Å². The first kappa shape index (κ1) is 17.1. The number of amides is 1. The average Bonchev–Trinajstić information content (AvgIpc) is 2.19. The molecule has 0 heterocycles. The summed E-state index contributed by atoms with van der Waals surface area (Å²) in [6.45, 7) is 2.46. The van der Waals surface area contributed by atoms with Crippen molar-refractivity contribution in [3.8, 4) is 0 Å². The molecule has 92 valence electrons. The molecular weight excluding hydrogens is 216 g/mol. The van der Waals surface area contributed by atoms with Crippen LogP contribution in [-0.2, 0) is 9.53 Å². The van der Waals surface area contributed by atoms with Gasteiger partial charge in [-0.15, -0.1) is 12.4 Å². The van der Waals surface area contributed by atoms with Gasteiger partial charge < -0.3 is 15.4 Å². The van der Waals surface area contributed by atoms with E-state index in [-0.39, 0.29) is 18.3 Å². The van der Waals surface area contributed by atoms with Crippen molar-refractivity contribution in [3.05, 3.63) is 0 Å². The number of carbonyl (C=O) groups excluding carboxylic acids is 1. The number of hydrogen-bond donors (Lipinski definition) is 2. The molecule has 0 unspecified atom stereocenters. The van der Waals surface area contributed by atoms with Crippen molar-refractivity contribution < 1.29 is 9.53 Å². The van der Waals surface area contributed by atoms with Gasteiger partial charge in [-0.1, -0.05) is 0 Å².